The Hall–Kier alpha value is -1.35. The van der Waals surface area contributed by atoms with Crippen molar-refractivity contribution in [3.8, 4) is 16.3 Å². The highest BCUT2D eigenvalue weighted by atomic mass is 32.1. The van der Waals surface area contributed by atoms with E-state index in [-0.39, 0.29) is 0 Å². The number of aryl methyl sites for hydroxylation is 2. The minimum absolute atomic E-state index is 0.951. The molecule has 0 aliphatic rings. The van der Waals surface area contributed by atoms with Crippen LogP contribution < -0.4 is 4.74 Å². The van der Waals surface area contributed by atoms with Gasteiger partial charge in [0.15, 0.2) is 0 Å². The van der Waals surface area contributed by atoms with E-state index in [0.717, 1.165) is 16.3 Å². The number of nitrogens with zero attached hydrogens (tertiary/aromatic N) is 1. The lowest BCUT2D eigenvalue weighted by molar-refractivity contribution is 0.412. The van der Waals surface area contributed by atoms with Crippen molar-refractivity contribution in [3.63, 3.8) is 0 Å². The van der Waals surface area contributed by atoms with E-state index in [4.69, 9.17) is 4.74 Å². The van der Waals surface area contributed by atoms with E-state index >= 15 is 0 Å². The Balaban J connectivity index is 2.73. The topological polar surface area (TPSA) is 22.1 Å². The Bertz CT molecular complexity index is 503. The van der Waals surface area contributed by atoms with Crippen molar-refractivity contribution in [2.75, 3.05) is 7.11 Å². The van der Waals surface area contributed by atoms with Crippen LogP contribution in [-0.4, -0.2) is 12.1 Å². The van der Waals surface area contributed by atoms with Gasteiger partial charge in [0, 0.05) is 11.6 Å². The van der Waals surface area contributed by atoms with Crippen LogP contribution in [0.25, 0.3) is 10.6 Å². The summed E-state index contributed by atoms with van der Waals surface area (Å²) in [6.45, 7) is 6.30. The normalized spacial score (nSPS) is 10.5. The van der Waals surface area contributed by atoms with Crippen LogP contribution in [0, 0.1) is 20.8 Å². The lowest BCUT2D eigenvalue weighted by Gasteiger charge is -2.14. The molecule has 16 heavy (non-hydrogen) atoms. The number of hydrogen-bond acceptors (Lipinski definition) is 3. The lowest BCUT2D eigenvalue weighted by atomic mass is 9.99. The van der Waals surface area contributed by atoms with Crippen LogP contribution in [0.1, 0.15) is 16.7 Å². The first kappa shape index (κ1) is 11.1. The van der Waals surface area contributed by atoms with Gasteiger partial charge in [-0.1, -0.05) is 6.07 Å². The third-order valence-corrected chi connectivity index (χ3v) is 3.63. The maximum Gasteiger partial charge on any atom is 0.132 e. The molecule has 2 rings (SSSR count). The molecule has 0 aliphatic heterocycles. The first-order valence-corrected chi connectivity index (χ1v) is 6.07. The van der Waals surface area contributed by atoms with Crippen LogP contribution in [0.2, 0.25) is 0 Å². The van der Waals surface area contributed by atoms with E-state index in [0.29, 0.717) is 0 Å². The van der Waals surface area contributed by atoms with Crippen molar-refractivity contribution in [3.05, 3.63) is 34.3 Å². The molecule has 0 spiro atoms. The summed E-state index contributed by atoms with van der Waals surface area (Å²) in [6.07, 6.45) is 1.83. The van der Waals surface area contributed by atoms with Crippen molar-refractivity contribution >= 4 is 11.3 Å². The van der Waals surface area contributed by atoms with Crippen molar-refractivity contribution in [2.45, 2.75) is 20.8 Å². The smallest absolute Gasteiger partial charge is 0.132 e. The van der Waals surface area contributed by atoms with Gasteiger partial charge in [0.05, 0.1) is 12.7 Å². The Kier molecular flexibility index (Phi) is 2.97. The maximum atomic E-state index is 5.53. The summed E-state index contributed by atoms with van der Waals surface area (Å²) >= 11 is 1.64. The van der Waals surface area contributed by atoms with Gasteiger partial charge in [-0.05, 0) is 37.5 Å². The number of aromatic nitrogens is 1. The fraction of sp³-hybridized carbons (Fsp3) is 0.308. The third-order valence-electron chi connectivity index (χ3n) is 2.84. The molecule has 0 radical (unpaired) electrons. The van der Waals surface area contributed by atoms with Gasteiger partial charge in [0.1, 0.15) is 10.8 Å². The monoisotopic (exact) mass is 233 g/mol. The zero-order valence-corrected chi connectivity index (χ0v) is 10.8. The quantitative estimate of drug-likeness (QED) is 0.788. The summed E-state index contributed by atoms with van der Waals surface area (Å²) in [4.78, 5) is 4.37. The van der Waals surface area contributed by atoms with Crippen LogP contribution in [0.5, 0.6) is 5.75 Å². The van der Waals surface area contributed by atoms with Crippen LogP contribution in [0.4, 0.5) is 0 Å². The predicted molar refractivity (Wildman–Crippen MR) is 68.3 cm³/mol. The molecule has 0 saturated carbocycles. The molecule has 0 aliphatic carbocycles. The molecular weight excluding hydrogens is 218 g/mol. The molecule has 0 atom stereocenters. The van der Waals surface area contributed by atoms with E-state index in [1.165, 1.54) is 16.7 Å². The molecular formula is C13H15NOS. The average molecular weight is 233 g/mol. The zero-order valence-electron chi connectivity index (χ0n) is 10.00. The molecule has 2 nitrogen and oxygen atoms in total. The van der Waals surface area contributed by atoms with Crippen LogP contribution >= 0.6 is 11.3 Å². The molecule has 0 saturated heterocycles. The van der Waals surface area contributed by atoms with Gasteiger partial charge in [0.2, 0.25) is 0 Å². The van der Waals surface area contributed by atoms with Crippen LogP contribution in [0.15, 0.2) is 17.6 Å². The highest BCUT2D eigenvalue weighted by Gasteiger charge is 2.15. The second-order valence-corrected chi connectivity index (χ2v) is 4.78. The fourth-order valence-electron chi connectivity index (χ4n) is 1.92. The molecule has 84 valence electrons. The number of ether oxygens (including phenoxy) is 1. The summed E-state index contributed by atoms with van der Waals surface area (Å²) in [6, 6.07) is 2.19. The van der Waals surface area contributed by atoms with E-state index in [9.17, 15) is 0 Å². The summed E-state index contributed by atoms with van der Waals surface area (Å²) in [5, 5.41) is 3.01. The molecule has 0 unspecified atom stereocenters. The summed E-state index contributed by atoms with van der Waals surface area (Å²) in [5.41, 5.74) is 4.79. The molecule has 1 aromatic heterocycles. The molecule has 2 aromatic rings. The summed E-state index contributed by atoms with van der Waals surface area (Å²) in [5.74, 6) is 0.951. The molecule has 3 heteroatoms. The Morgan fingerprint density at radius 1 is 1.19 bits per heavy atom. The summed E-state index contributed by atoms with van der Waals surface area (Å²) < 4.78 is 5.53. The van der Waals surface area contributed by atoms with Gasteiger partial charge < -0.3 is 4.74 Å². The van der Waals surface area contributed by atoms with Gasteiger partial charge in [-0.2, -0.15) is 0 Å². The molecule has 1 heterocycles. The first-order chi connectivity index (χ1) is 7.65. The second kappa shape index (κ2) is 4.26. The highest BCUT2D eigenvalue weighted by Crippen LogP contribution is 2.38. The SMILES string of the molecule is COc1c(C)c(C)cc(C)c1-c1nccs1. The standard InChI is InChI=1S/C13H15NOS/c1-8-7-9(2)11(12(15-4)10(8)3)13-14-5-6-16-13/h5-7H,1-4H3. The van der Waals surface area contributed by atoms with Crippen LogP contribution in [0.3, 0.4) is 0 Å². The minimum Gasteiger partial charge on any atom is -0.496 e. The lowest BCUT2D eigenvalue weighted by Crippen LogP contribution is -1.96. The Morgan fingerprint density at radius 2 is 1.94 bits per heavy atom. The molecule has 0 fully saturated rings. The molecule has 0 amide bonds. The van der Waals surface area contributed by atoms with Crippen molar-refractivity contribution in [2.24, 2.45) is 0 Å². The Morgan fingerprint density at radius 3 is 2.50 bits per heavy atom. The third kappa shape index (κ3) is 1.71. The van der Waals surface area contributed by atoms with E-state index in [1.54, 1.807) is 18.4 Å². The number of hydrogen-bond donors (Lipinski definition) is 0. The fourth-order valence-corrected chi connectivity index (χ4v) is 2.66. The predicted octanol–water partition coefficient (Wildman–Crippen LogP) is 3.74. The van der Waals surface area contributed by atoms with Gasteiger partial charge in [-0.25, -0.2) is 4.98 Å². The van der Waals surface area contributed by atoms with Crippen molar-refractivity contribution < 1.29 is 4.74 Å². The van der Waals surface area contributed by atoms with E-state index in [1.807, 2.05) is 11.6 Å². The van der Waals surface area contributed by atoms with Gasteiger partial charge in [-0.3, -0.25) is 0 Å². The minimum atomic E-state index is 0.951. The first-order valence-electron chi connectivity index (χ1n) is 5.19. The van der Waals surface area contributed by atoms with Crippen molar-refractivity contribution in [1.29, 1.82) is 0 Å². The Labute approximate surface area is 99.9 Å². The molecule has 0 bridgehead atoms. The average Bonchev–Trinajstić information content (AvgIpc) is 2.76. The van der Waals surface area contributed by atoms with Crippen LogP contribution in [-0.2, 0) is 0 Å². The zero-order chi connectivity index (χ0) is 11.7. The number of thiazole rings is 1. The maximum absolute atomic E-state index is 5.53. The van der Waals surface area contributed by atoms with Crippen molar-refractivity contribution in [1.82, 2.24) is 4.98 Å². The number of benzene rings is 1. The van der Waals surface area contributed by atoms with Gasteiger partial charge in [0.25, 0.3) is 0 Å². The molecule has 1 aromatic carbocycles. The van der Waals surface area contributed by atoms with Gasteiger partial charge in [-0.15, -0.1) is 11.3 Å². The van der Waals surface area contributed by atoms with Gasteiger partial charge >= 0.3 is 0 Å². The summed E-state index contributed by atoms with van der Waals surface area (Å²) in [7, 11) is 1.72. The second-order valence-electron chi connectivity index (χ2n) is 3.88. The van der Waals surface area contributed by atoms with E-state index in [2.05, 4.69) is 31.8 Å². The molecule has 0 N–H and O–H groups in total. The highest BCUT2D eigenvalue weighted by molar-refractivity contribution is 7.13. The largest absolute Gasteiger partial charge is 0.496 e. The number of rotatable bonds is 2. The number of methoxy groups -OCH3 is 1. The van der Waals surface area contributed by atoms with E-state index < -0.39 is 0 Å².